The van der Waals surface area contributed by atoms with E-state index in [4.69, 9.17) is 28.3 Å². The molecule has 0 aromatic heterocycles. The number of nitrogens with zero attached hydrogens (tertiary/aromatic N) is 1. The molecule has 0 spiro atoms. The van der Waals surface area contributed by atoms with Gasteiger partial charge in [0.1, 0.15) is 4.90 Å². The number of carboxylic acids is 1. The number of sulfonamides is 1. The van der Waals surface area contributed by atoms with Gasteiger partial charge >= 0.3 is 5.97 Å². The van der Waals surface area contributed by atoms with Crippen LogP contribution in [0.4, 0.5) is 5.69 Å². The second kappa shape index (κ2) is 7.42. The molecule has 0 aliphatic heterocycles. The van der Waals surface area contributed by atoms with Gasteiger partial charge in [-0.1, -0.05) is 41.4 Å². The Morgan fingerprint density at radius 2 is 1.83 bits per heavy atom. The molecule has 0 fully saturated rings. The molecule has 2 aromatic carbocycles. The van der Waals surface area contributed by atoms with Crippen LogP contribution in [0.15, 0.2) is 47.4 Å². The quantitative estimate of drug-likeness (QED) is 0.813. The highest BCUT2D eigenvalue weighted by Crippen LogP contribution is 2.32. The maximum atomic E-state index is 13.1. The lowest BCUT2D eigenvalue weighted by Crippen LogP contribution is -2.33. The molecule has 0 radical (unpaired) electrons. The molecule has 0 atom stereocenters. The molecule has 0 saturated carbocycles. The van der Waals surface area contributed by atoms with Crippen LogP contribution < -0.4 is 4.31 Å². The number of para-hydroxylation sites is 1. The summed E-state index contributed by atoms with van der Waals surface area (Å²) in [6, 6.07) is 11.0. The van der Waals surface area contributed by atoms with E-state index in [1.165, 1.54) is 18.2 Å². The van der Waals surface area contributed by atoms with Crippen LogP contribution in [0.2, 0.25) is 10.0 Å². The van der Waals surface area contributed by atoms with E-state index in [-0.39, 0.29) is 27.9 Å². The van der Waals surface area contributed by atoms with Crippen molar-refractivity contribution >= 4 is 44.9 Å². The van der Waals surface area contributed by atoms with E-state index in [0.717, 1.165) is 4.31 Å². The van der Waals surface area contributed by atoms with Crippen LogP contribution in [0.1, 0.15) is 12.0 Å². The van der Waals surface area contributed by atoms with Crippen molar-refractivity contribution in [2.45, 2.75) is 18.2 Å². The van der Waals surface area contributed by atoms with Gasteiger partial charge in [-0.15, -0.1) is 0 Å². The van der Waals surface area contributed by atoms with Crippen molar-refractivity contribution in [1.82, 2.24) is 0 Å². The van der Waals surface area contributed by atoms with Gasteiger partial charge < -0.3 is 5.11 Å². The number of hydrogen-bond donors (Lipinski definition) is 1. The van der Waals surface area contributed by atoms with Crippen LogP contribution in [-0.2, 0) is 14.8 Å². The molecule has 24 heavy (non-hydrogen) atoms. The van der Waals surface area contributed by atoms with E-state index in [2.05, 4.69) is 0 Å². The fourth-order valence-electron chi connectivity index (χ4n) is 2.20. The number of halogens is 2. The minimum absolute atomic E-state index is 0.0216. The summed E-state index contributed by atoms with van der Waals surface area (Å²) in [5, 5.41) is 9.19. The number of hydrogen-bond acceptors (Lipinski definition) is 3. The number of carbonyl (C=O) groups is 1. The predicted octanol–water partition coefficient (Wildman–Crippen LogP) is 3.97. The lowest BCUT2D eigenvalue weighted by molar-refractivity contribution is -0.136. The summed E-state index contributed by atoms with van der Waals surface area (Å²) in [4.78, 5) is 10.8. The van der Waals surface area contributed by atoms with Gasteiger partial charge in [-0.2, -0.15) is 0 Å². The van der Waals surface area contributed by atoms with E-state index < -0.39 is 16.0 Å². The van der Waals surface area contributed by atoms with E-state index >= 15 is 0 Å². The van der Waals surface area contributed by atoms with Crippen molar-refractivity contribution in [1.29, 1.82) is 0 Å². The molecule has 2 aromatic rings. The average Bonchev–Trinajstić information content (AvgIpc) is 2.51. The number of aryl methyl sites for hydroxylation is 1. The third kappa shape index (κ3) is 4.01. The second-order valence-electron chi connectivity index (χ2n) is 5.08. The second-order valence-corrected chi connectivity index (χ2v) is 7.76. The Hall–Kier alpha value is -1.76. The molecule has 0 amide bonds. The summed E-state index contributed by atoms with van der Waals surface area (Å²) >= 11 is 11.9. The number of rotatable bonds is 6. The number of benzene rings is 2. The Morgan fingerprint density at radius 3 is 2.46 bits per heavy atom. The molecule has 0 unspecified atom stereocenters. The highest BCUT2D eigenvalue weighted by Gasteiger charge is 2.28. The van der Waals surface area contributed by atoms with Crippen LogP contribution in [0.5, 0.6) is 0 Å². The Morgan fingerprint density at radius 1 is 1.17 bits per heavy atom. The summed E-state index contributed by atoms with van der Waals surface area (Å²) in [6.45, 7) is 1.53. The summed E-state index contributed by atoms with van der Waals surface area (Å²) in [7, 11) is -4.07. The van der Waals surface area contributed by atoms with Crippen molar-refractivity contribution in [2.24, 2.45) is 0 Å². The first-order valence-electron chi connectivity index (χ1n) is 6.98. The van der Waals surface area contributed by atoms with Crippen molar-refractivity contribution in [2.75, 3.05) is 10.8 Å². The van der Waals surface area contributed by atoms with Crippen molar-refractivity contribution < 1.29 is 18.3 Å². The monoisotopic (exact) mass is 387 g/mol. The highest BCUT2D eigenvalue weighted by molar-refractivity contribution is 7.93. The molecule has 5 nitrogen and oxygen atoms in total. The molecular weight excluding hydrogens is 373 g/mol. The van der Waals surface area contributed by atoms with Gasteiger partial charge in [-0.25, -0.2) is 8.42 Å². The van der Waals surface area contributed by atoms with Crippen LogP contribution in [0.3, 0.4) is 0 Å². The van der Waals surface area contributed by atoms with Gasteiger partial charge in [0.15, 0.2) is 0 Å². The molecule has 0 aliphatic carbocycles. The zero-order valence-corrected chi connectivity index (χ0v) is 15.1. The molecule has 0 saturated heterocycles. The maximum Gasteiger partial charge on any atom is 0.305 e. The van der Waals surface area contributed by atoms with Crippen LogP contribution >= 0.6 is 23.2 Å². The Bertz CT molecular complexity index is 868. The lowest BCUT2D eigenvalue weighted by Gasteiger charge is -2.26. The average molecular weight is 388 g/mol. The first-order chi connectivity index (χ1) is 11.2. The Balaban J connectivity index is 2.59. The summed E-state index contributed by atoms with van der Waals surface area (Å²) in [5.74, 6) is -1.10. The molecule has 0 heterocycles. The topological polar surface area (TPSA) is 74.7 Å². The lowest BCUT2D eigenvalue weighted by atomic mass is 10.2. The zero-order valence-electron chi connectivity index (χ0n) is 12.7. The smallest absolute Gasteiger partial charge is 0.305 e. The molecule has 0 aliphatic rings. The standard InChI is InChI=1S/C16H15Cl2NO4S/c1-11-4-2-3-5-14(11)19(9-8-16(20)21)24(22,23)15-10-12(17)6-7-13(15)18/h2-7,10H,8-9H2,1H3,(H,20,21). The Kier molecular flexibility index (Phi) is 5.74. The summed E-state index contributed by atoms with van der Waals surface area (Å²) in [6.07, 6.45) is -0.342. The van der Waals surface area contributed by atoms with Crippen molar-refractivity contribution in [3.05, 3.63) is 58.1 Å². The first-order valence-corrected chi connectivity index (χ1v) is 9.18. The van der Waals surface area contributed by atoms with Crippen LogP contribution in [0.25, 0.3) is 0 Å². The number of aliphatic carboxylic acids is 1. The van der Waals surface area contributed by atoms with Gasteiger partial charge in [0.25, 0.3) is 10.0 Å². The summed E-state index contributed by atoms with van der Waals surface area (Å²) < 4.78 is 27.2. The Labute approximate surface area is 150 Å². The molecule has 2 rings (SSSR count). The van der Waals surface area contributed by atoms with Crippen LogP contribution in [0, 0.1) is 6.92 Å². The fraction of sp³-hybridized carbons (Fsp3) is 0.188. The van der Waals surface area contributed by atoms with Crippen molar-refractivity contribution in [3.8, 4) is 0 Å². The van der Waals surface area contributed by atoms with E-state index in [1.54, 1.807) is 31.2 Å². The van der Waals surface area contributed by atoms with E-state index in [9.17, 15) is 13.2 Å². The zero-order chi connectivity index (χ0) is 17.9. The molecular formula is C16H15Cl2NO4S. The fourth-order valence-corrected chi connectivity index (χ4v) is 4.47. The summed E-state index contributed by atoms with van der Waals surface area (Å²) in [5.41, 5.74) is 1.10. The third-order valence-corrected chi connectivity index (χ3v) is 5.90. The highest BCUT2D eigenvalue weighted by atomic mass is 35.5. The van der Waals surface area contributed by atoms with Gasteiger partial charge in [0, 0.05) is 11.6 Å². The molecule has 1 N–H and O–H groups in total. The number of carboxylic acid groups (broad SMARTS) is 1. The van der Waals surface area contributed by atoms with Gasteiger partial charge in [0.2, 0.25) is 0 Å². The predicted molar refractivity (Wildman–Crippen MR) is 94.4 cm³/mol. The van der Waals surface area contributed by atoms with Crippen LogP contribution in [-0.4, -0.2) is 26.0 Å². The largest absolute Gasteiger partial charge is 0.481 e. The minimum Gasteiger partial charge on any atom is -0.481 e. The van der Waals surface area contributed by atoms with Gasteiger partial charge in [-0.05, 0) is 36.8 Å². The van der Waals surface area contributed by atoms with E-state index in [0.29, 0.717) is 11.3 Å². The molecule has 128 valence electrons. The first kappa shape index (κ1) is 18.6. The van der Waals surface area contributed by atoms with Gasteiger partial charge in [-0.3, -0.25) is 9.10 Å². The van der Waals surface area contributed by atoms with E-state index in [1.807, 2.05) is 0 Å². The minimum atomic E-state index is -4.07. The SMILES string of the molecule is Cc1ccccc1N(CCC(=O)O)S(=O)(=O)c1cc(Cl)ccc1Cl. The molecule has 0 bridgehead atoms. The number of anilines is 1. The van der Waals surface area contributed by atoms with Gasteiger partial charge in [0.05, 0.1) is 17.1 Å². The van der Waals surface area contributed by atoms with Crippen molar-refractivity contribution in [3.63, 3.8) is 0 Å². The normalized spacial score (nSPS) is 11.3. The third-order valence-electron chi connectivity index (χ3n) is 3.37. The molecule has 8 heteroatoms. The maximum absolute atomic E-state index is 13.1.